The molecule has 0 saturated carbocycles. The maximum atomic E-state index is 13.0. The standard InChI is InChI=1S/C26H31N3O5/c1-2-11-28-12-14-29(15-13-28)25(32)23(16-24(30)31)27-26(33)34-17-22-20-9-5-3-7-18(20)19-8-4-6-10-21(19)22/h3-10,22-23H,2,11-17H2,1H3,(H,27,33)(H,30,31). The molecule has 8 heteroatoms. The van der Waals surface area contributed by atoms with Crippen LogP contribution in [-0.2, 0) is 14.3 Å². The fraction of sp³-hybridized carbons (Fsp3) is 0.423. The molecule has 2 N–H and O–H groups in total. The quantitative estimate of drug-likeness (QED) is 0.622. The van der Waals surface area contributed by atoms with Gasteiger partial charge in [0.2, 0.25) is 5.91 Å². The van der Waals surface area contributed by atoms with Crippen molar-refractivity contribution in [3.05, 3.63) is 59.7 Å². The van der Waals surface area contributed by atoms with E-state index in [2.05, 4.69) is 29.3 Å². The number of hydrogen-bond acceptors (Lipinski definition) is 5. The largest absolute Gasteiger partial charge is 0.481 e. The minimum absolute atomic E-state index is 0.101. The average molecular weight is 466 g/mol. The van der Waals surface area contributed by atoms with Crippen molar-refractivity contribution in [1.29, 1.82) is 0 Å². The summed E-state index contributed by atoms with van der Waals surface area (Å²) in [6, 6.07) is 14.9. The number of alkyl carbamates (subject to hydrolysis) is 1. The van der Waals surface area contributed by atoms with Crippen LogP contribution in [0, 0.1) is 0 Å². The molecule has 1 unspecified atom stereocenters. The van der Waals surface area contributed by atoms with Gasteiger partial charge in [0.25, 0.3) is 0 Å². The second-order valence-corrected chi connectivity index (χ2v) is 8.79. The molecule has 34 heavy (non-hydrogen) atoms. The van der Waals surface area contributed by atoms with E-state index in [1.54, 1.807) is 4.90 Å². The van der Waals surface area contributed by atoms with Gasteiger partial charge in [-0.1, -0.05) is 55.5 Å². The smallest absolute Gasteiger partial charge is 0.407 e. The van der Waals surface area contributed by atoms with Crippen LogP contribution in [0.5, 0.6) is 0 Å². The number of rotatable bonds is 8. The zero-order chi connectivity index (χ0) is 24.1. The Bertz CT molecular complexity index is 1000. The number of ether oxygens (including phenoxy) is 1. The number of nitrogens with zero attached hydrogens (tertiary/aromatic N) is 2. The highest BCUT2D eigenvalue weighted by Crippen LogP contribution is 2.44. The van der Waals surface area contributed by atoms with Crippen molar-refractivity contribution in [2.45, 2.75) is 31.7 Å². The van der Waals surface area contributed by atoms with Crippen molar-refractivity contribution in [2.75, 3.05) is 39.3 Å². The molecule has 1 saturated heterocycles. The van der Waals surface area contributed by atoms with Gasteiger partial charge in [0.15, 0.2) is 0 Å². The van der Waals surface area contributed by atoms with Crippen molar-refractivity contribution in [2.24, 2.45) is 0 Å². The number of carboxylic acids is 1. The molecule has 2 amide bonds. The van der Waals surface area contributed by atoms with Crippen LogP contribution >= 0.6 is 0 Å². The molecule has 0 radical (unpaired) electrons. The van der Waals surface area contributed by atoms with Crippen LogP contribution in [-0.4, -0.2) is 78.2 Å². The number of aliphatic carboxylic acids is 1. The van der Waals surface area contributed by atoms with Crippen molar-refractivity contribution < 1.29 is 24.2 Å². The van der Waals surface area contributed by atoms with Gasteiger partial charge >= 0.3 is 12.1 Å². The minimum atomic E-state index is -1.16. The first-order valence-corrected chi connectivity index (χ1v) is 11.8. The van der Waals surface area contributed by atoms with E-state index < -0.39 is 24.5 Å². The summed E-state index contributed by atoms with van der Waals surface area (Å²) >= 11 is 0. The van der Waals surface area contributed by atoms with Crippen molar-refractivity contribution in [1.82, 2.24) is 15.1 Å². The van der Waals surface area contributed by atoms with E-state index in [1.165, 1.54) is 0 Å². The second kappa shape index (κ2) is 10.7. The summed E-state index contributed by atoms with van der Waals surface area (Å²) < 4.78 is 5.52. The van der Waals surface area contributed by atoms with E-state index >= 15 is 0 Å². The van der Waals surface area contributed by atoms with Gasteiger partial charge < -0.3 is 20.1 Å². The zero-order valence-corrected chi connectivity index (χ0v) is 19.4. The Labute approximate surface area is 199 Å². The lowest BCUT2D eigenvalue weighted by Crippen LogP contribution is -2.55. The highest BCUT2D eigenvalue weighted by atomic mass is 16.5. The summed E-state index contributed by atoms with van der Waals surface area (Å²) in [6.07, 6.45) is -0.233. The van der Waals surface area contributed by atoms with Gasteiger partial charge in [-0.3, -0.25) is 14.5 Å². The molecule has 2 aliphatic rings. The fourth-order valence-corrected chi connectivity index (χ4v) is 4.89. The molecule has 0 spiro atoms. The van der Waals surface area contributed by atoms with Crippen molar-refractivity contribution in [3.8, 4) is 11.1 Å². The third kappa shape index (κ3) is 5.22. The Hall–Kier alpha value is -3.39. The molecule has 180 valence electrons. The summed E-state index contributed by atoms with van der Waals surface area (Å²) in [6.45, 7) is 5.69. The van der Waals surface area contributed by atoms with Crippen LogP contribution in [0.2, 0.25) is 0 Å². The number of hydrogen-bond donors (Lipinski definition) is 2. The van der Waals surface area contributed by atoms with E-state index in [0.717, 1.165) is 48.3 Å². The Morgan fingerprint density at radius 3 is 2.15 bits per heavy atom. The third-order valence-electron chi connectivity index (χ3n) is 6.54. The van der Waals surface area contributed by atoms with Crippen LogP contribution in [0.3, 0.4) is 0 Å². The highest BCUT2D eigenvalue weighted by Gasteiger charge is 2.32. The lowest BCUT2D eigenvalue weighted by atomic mass is 9.98. The van der Waals surface area contributed by atoms with E-state index in [9.17, 15) is 19.5 Å². The number of nitrogens with one attached hydrogen (secondary N) is 1. The van der Waals surface area contributed by atoms with Crippen molar-refractivity contribution >= 4 is 18.0 Å². The number of fused-ring (bicyclic) bond motifs is 3. The molecule has 8 nitrogen and oxygen atoms in total. The Morgan fingerprint density at radius 2 is 1.59 bits per heavy atom. The number of carbonyl (C=O) groups is 3. The topological polar surface area (TPSA) is 99.2 Å². The van der Waals surface area contributed by atoms with Gasteiger partial charge in [-0.2, -0.15) is 0 Å². The van der Waals surface area contributed by atoms with Gasteiger partial charge in [0.1, 0.15) is 12.6 Å². The number of amides is 2. The number of piperazine rings is 1. The molecule has 0 aromatic heterocycles. The average Bonchev–Trinajstić information content (AvgIpc) is 3.16. The highest BCUT2D eigenvalue weighted by molar-refractivity contribution is 5.89. The monoisotopic (exact) mass is 465 g/mol. The van der Waals surface area contributed by atoms with E-state index in [1.807, 2.05) is 36.4 Å². The van der Waals surface area contributed by atoms with Gasteiger partial charge in [-0.05, 0) is 35.2 Å². The van der Waals surface area contributed by atoms with Gasteiger partial charge in [0.05, 0.1) is 6.42 Å². The Balaban J connectivity index is 1.38. The van der Waals surface area contributed by atoms with Gasteiger partial charge in [-0.25, -0.2) is 4.79 Å². The predicted molar refractivity (Wildman–Crippen MR) is 128 cm³/mol. The van der Waals surface area contributed by atoms with Crippen LogP contribution in [0.4, 0.5) is 4.79 Å². The summed E-state index contributed by atoms with van der Waals surface area (Å²) in [5, 5.41) is 11.8. The molecule has 1 aliphatic heterocycles. The maximum absolute atomic E-state index is 13.0. The van der Waals surface area contributed by atoms with Gasteiger partial charge in [0, 0.05) is 32.1 Å². The van der Waals surface area contributed by atoms with Gasteiger partial charge in [-0.15, -0.1) is 0 Å². The minimum Gasteiger partial charge on any atom is -0.481 e. The Morgan fingerprint density at radius 1 is 1.00 bits per heavy atom. The first-order chi connectivity index (χ1) is 16.5. The summed E-state index contributed by atoms with van der Waals surface area (Å²) in [5.41, 5.74) is 4.40. The molecule has 1 heterocycles. The summed E-state index contributed by atoms with van der Waals surface area (Å²) in [5.74, 6) is -1.65. The first kappa shape index (κ1) is 23.8. The molecular weight excluding hydrogens is 434 g/mol. The summed E-state index contributed by atoms with van der Waals surface area (Å²) in [7, 11) is 0. The molecular formula is C26H31N3O5. The van der Waals surface area contributed by atoms with Crippen LogP contribution in [0.25, 0.3) is 11.1 Å². The SMILES string of the molecule is CCCN1CCN(C(=O)C(CC(=O)O)NC(=O)OCC2c3ccccc3-c3ccccc32)CC1. The lowest BCUT2D eigenvalue weighted by molar-refractivity contribution is -0.143. The van der Waals surface area contributed by atoms with E-state index in [4.69, 9.17) is 4.74 Å². The fourth-order valence-electron chi connectivity index (χ4n) is 4.89. The lowest BCUT2D eigenvalue weighted by Gasteiger charge is -2.36. The molecule has 4 rings (SSSR count). The van der Waals surface area contributed by atoms with Crippen LogP contribution < -0.4 is 5.32 Å². The zero-order valence-electron chi connectivity index (χ0n) is 19.4. The molecule has 1 atom stereocenters. The third-order valence-corrected chi connectivity index (χ3v) is 6.54. The van der Waals surface area contributed by atoms with Crippen LogP contribution in [0.15, 0.2) is 48.5 Å². The first-order valence-electron chi connectivity index (χ1n) is 11.8. The van der Waals surface area contributed by atoms with E-state index in [-0.39, 0.29) is 18.4 Å². The second-order valence-electron chi connectivity index (χ2n) is 8.79. The maximum Gasteiger partial charge on any atom is 0.407 e. The molecule has 1 aliphatic carbocycles. The number of benzene rings is 2. The number of carbonyl (C=O) groups excluding carboxylic acids is 2. The Kier molecular flexibility index (Phi) is 7.47. The molecule has 0 bridgehead atoms. The normalized spacial score (nSPS) is 16.4. The van der Waals surface area contributed by atoms with Crippen molar-refractivity contribution in [3.63, 3.8) is 0 Å². The summed E-state index contributed by atoms with van der Waals surface area (Å²) in [4.78, 5) is 40.9. The molecule has 2 aromatic carbocycles. The molecule has 2 aromatic rings. The molecule has 1 fully saturated rings. The van der Waals surface area contributed by atoms with E-state index in [0.29, 0.717) is 13.1 Å². The predicted octanol–water partition coefficient (Wildman–Crippen LogP) is 2.92. The number of carboxylic acid groups (broad SMARTS) is 1. The van der Waals surface area contributed by atoms with Crippen LogP contribution in [0.1, 0.15) is 36.8 Å².